The lowest BCUT2D eigenvalue weighted by Gasteiger charge is -2.25. The number of carbonyl (C=O) groups excluding carboxylic acids is 1. The summed E-state index contributed by atoms with van der Waals surface area (Å²) in [4.78, 5) is 16.0. The first kappa shape index (κ1) is 16.5. The van der Waals surface area contributed by atoms with Crippen molar-refractivity contribution in [1.82, 2.24) is 4.90 Å². The average Bonchev–Trinajstić information content (AvgIpc) is 2.45. The van der Waals surface area contributed by atoms with Gasteiger partial charge >= 0.3 is 0 Å². The topological polar surface area (TPSA) is 49.6 Å². The Hall–Kier alpha value is -1.55. The highest BCUT2D eigenvalue weighted by atomic mass is 16.2. The van der Waals surface area contributed by atoms with Crippen molar-refractivity contribution in [3.05, 3.63) is 29.8 Å². The number of hydrogen-bond donors (Lipinski definition) is 1. The van der Waals surface area contributed by atoms with Crippen molar-refractivity contribution in [2.24, 2.45) is 5.73 Å². The lowest BCUT2D eigenvalue weighted by Crippen LogP contribution is -2.33. The van der Waals surface area contributed by atoms with Gasteiger partial charge in [-0.3, -0.25) is 4.79 Å². The van der Waals surface area contributed by atoms with Crippen LogP contribution in [0.15, 0.2) is 24.3 Å². The molecule has 112 valence electrons. The SMILES string of the molecule is CCN(CCC(=O)N(C)CCCN)c1cccc(C)c1. The first-order valence-electron chi connectivity index (χ1n) is 7.34. The van der Waals surface area contributed by atoms with Gasteiger partial charge < -0.3 is 15.5 Å². The minimum Gasteiger partial charge on any atom is -0.371 e. The van der Waals surface area contributed by atoms with Crippen LogP contribution < -0.4 is 10.6 Å². The van der Waals surface area contributed by atoms with Crippen molar-refractivity contribution in [1.29, 1.82) is 0 Å². The maximum atomic E-state index is 12.0. The zero-order valence-electron chi connectivity index (χ0n) is 12.9. The van der Waals surface area contributed by atoms with Gasteiger partial charge in [-0.05, 0) is 44.5 Å². The van der Waals surface area contributed by atoms with Gasteiger partial charge in [0.15, 0.2) is 0 Å². The Labute approximate surface area is 122 Å². The maximum Gasteiger partial charge on any atom is 0.224 e. The number of benzene rings is 1. The molecular weight excluding hydrogens is 250 g/mol. The molecular formula is C16H27N3O. The number of carbonyl (C=O) groups is 1. The zero-order chi connectivity index (χ0) is 15.0. The molecule has 0 spiro atoms. The summed E-state index contributed by atoms with van der Waals surface area (Å²) >= 11 is 0. The van der Waals surface area contributed by atoms with Crippen molar-refractivity contribution in [3.63, 3.8) is 0 Å². The van der Waals surface area contributed by atoms with Gasteiger partial charge in [-0.25, -0.2) is 0 Å². The van der Waals surface area contributed by atoms with E-state index in [1.807, 2.05) is 7.05 Å². The van der Waals surface area contributed by atoms with Crippen LogP contribution >= 0.6 is 0 Å². The van der Waals surface area contributed by atoms with Crippen molar-refractivity contribution < 1.29 is 4.79 Å². The van der Waals surface area contributed by atoms with E-state index in [-0.39, 0.29) is 5.91 Å². The third-order valence-corrected chi connectivity index (χ3v) is 3.47. The molecule has 20 heavy (non-hydrogen) atoms. The molecule has 1 rings (SSSR count). The molecule has 0 saturated heterocycles. The Balaban J connectivity index is 2.51. The average molecular weight is 277 g/mol. The van der Waals surface area contributed by atoms with Gasteiger partial charge in [-0.1, -0.05) is 12.1 Å². The van der Waals surface area contributed by atoms with Gasteiger partial charge in [0, 0.05) is 38.8 Å². The molecule has 1 aromatic carbocycles. The Bertz CT molecular complexity index is 420. The third kappa shape index (κ3) is 5.21. The number of rotatable bonds is 8. The van der Waals surface area contributed by atoms with Crippen LogP contribution in [0, 0.1) is 6.92 Å². The van der Waals surface area contributed by atoms with E-state index in [0.29, 0.717) is 13.0 Å². The van der Waals surface area contributed by atoms with Gasteiger partial charge in [-0.15, -0.1) is 0 Å². The maximum absolute atomic E-state index is 12.0. The van der Waals surface area contributed by atoms with E-state index < -0.39 is 0 Å². The highest BCUT2D eigenvalue weighted by Crippen LogP contribution is 2.16. The molecule has 0 radical (unpaired) electrons. The summed E-state index contributed by atoms with van der Waals surface area (Å²) in [5.74, 6) is 0.185. The third-order valence-electron chi connectivity index (χ3n) is 3.47. The summed E-state index contributed by atoms with van der Waals surface area (Å²) < 4.78 is 0. The van der Waals surface area contributed by atoms with Gasteiger partial charge in [0.25, 0.3) is 0 Å². The van der Waals surface area contributed by atoms with Crippen LogP contribution in [-0.4, -0.2) is 44.0 Å². The molecule has 0 aromatic heterocycles. The van der Waals surface area contributed by atoms with Gasteiger partial charge in [-0.2, -0.15) is 0 Å². The molecule has 0 saturated carbocycles. The van der Waals surface area contributed by atoms with Crippen molar-refractivity contribution in [3.8, 4) is 0 Å². The molecule has 0 fully saturated rings. The summed E-state index contributed by atoms with van der Waals surface area (Å²) in [6.45, 7) is 7.23. The smallest absolute Gasteiger partial charge is 0.224 e. The standard InChI is InChI=1S/C16H27N3O/c1-4-19(15-8-5-7-14(2)13-15)12-9-16(20)18(3)11-6-10-17/h5,7-8,13H,4,6,9-12,17H2,1-3H3. The Kier molecular flexibility index (Phi) is 7.09. The molecule has 2 N–H and O–H groups in total. The molecule has 4 nitrogen and oxygen atoms in total. The van der Waals surface area contributed by atoms with Crippen LogP contribution in [0.2, 0.25) is 0 Å². The lowest BCUT2D eigenvalue weighted by atomic mass is 10.2. The normalized spacial score (nSPS) is 10.4. The monoisotopic (exact) mass is 277 g/mol. The largest absolute Gasteiger partial charge is 0.371 e. The second-order valence-electron chi connectivity index (χ2n) is 5.13. The molecule has 4 heteroatoms. The fraction of sp³-hybridized carbons (Fsp3) is 0.562. The molecule has 1 amide bonds. The van der Waals surface area contributed by atoms with Gasteiger partial charge in [0.1, 0.15) is 0 Å². The number of aryl methyl sites for hydroxylation is 1. The minimum atomic E-state index is 0.185. The van der Waals surface area contributed by atoms with Crippen LogP contribution in [0.3, 0.4) is 0 Å². The highest BCUT2D eigenvalue weighted by molar-refractivity contribution is 5.76. The zero-order valence-corrected chi connectivity index (χ0v) is 12.9. The van der Waals surface area contributed by atoms with E-state index >= 15 is 0 Å². The summed E-state index contributed by atoms with van der Waals surface area (Å²) in [6, 6.07) is 8.40. The lowest BCUT2D eigenvalue weighted by molar-refractivity contribution is -0.129. The van der Waals surface area contributed by atoms with Gasteiger partial charge in [0.05, 0.1) is 0 Å². The quantitative estimate of drug-likeness (QED) is 0.791. The van der Waals surface area contributed by atoms with E-state index in [9.17, 15) is 4.79 Å². The summed E-state index contributed by atoms with van der Waals surface area (Å²) in [5.41, 5.74) is 7.89. The fourth-order valence-electron chi connectivity index (χ4n) is 2.17. The molecule has 1 aromatic rings. The number of hydrogen-bond acceptors (Lipinski definition) is 3. The summed E-state index contributed by atoms with van der Waals surface area (Å²) in [6.07, 6.45) is 1.40. The fourth-order valence-corrected chi connectivity index (χ4v) is 2.17. The highest BCUT2D eigenvalue weighted by Gasteiger charge is 2.11. The predicted octanol–water partition coefficient (Wildman–Crippen LogP) is 2.02. The Morgan fingerprint density at radius 2 is 2.05 bits per heavy atom. The van der Waals surface area contributed by atoms with Crippen LogP contribution in [0.4, 0.5) is 5.69 Å². The van der Waals surface area contributed by atoms with Crippen LogP contribution in [0.25, 0.3) is 0 Å². The van der Waals surface area contributed by atoms with Crippen molar-refractivity contribution >= 4 is 11.6 Å². The molecule has 0 bridgehead atoms. The second-order valence-corrected chi connectivity index (χ2v) is 5.13. The molecule has 0 aliphatic rings. The molecule has 0 atom stereocenters. The molecule has 0 aliphatic carbocycles. The number of anilines is 1. The number of amides is 1. The van der Waals surface area contributed by atoms with Crippen LogP contribution in [0.5, 0.6) is 0 Å². The first-order valence-corrected chi connectivity index (χ1v) is 7.34. The molecule has 0 aliphatic heterocycles. The van der Waals surface area contributed by atoms with Crippen LogP contribution in [0.1, 0.15) is 25.3 Å². The van der Waals surface area contributed by atoms with E-state index in [1.165, 1.54) is 11.3 Å². The molecule has 0 heterocycles. The van der Waals surface area contributed by atoms with Crippen LogP contribution in [-0.2, 0) is 4.79 Å². The van der Waals surface area contributed by atoms with E-state index in [4.69, 9.17) is 5.73 Å². The summed E-state index contributed by atoms with van der Waals surface area (Å²) in [5, 5.41) is 0. The van der Waals surface area contributed by atoms with Crippen molar-refractivity contribution in [2.75, 3.05) is 38.1 Å². The predicted molar refractivity (Wildman–Crippen MR) is 85.0 cm³/mol. The first-order chi connectivity index (χ1) is 9.58. The number of nitrogens with two attached hydrogens (primary N) is 1. The number of nitrogens with zero attached hydrogens (tertiary/aromatic N) is 2. The van der Waals surface area contributed by atoms with E-state index in [2.05, 4.69) is 43.0 Å². The Morgan fingerprint density at radius 1 is 1.30 bits per heavy atom. The van der Waals surface area contributed by atoms with Gasteiger partial charge in [0.2, 0.25) is 5.91 Å². The van der Waals surface area contributed by atoms with E-state index in [1.54, 1.807) is 4.90 Å². The summed E-state index contributed by atoms with van der Waals surface area (Å²) in [7, 11) is 1.85. The van der Waals surface area contributed by atoms with Crippen molar-refractivity contribution in [2.45, 2.75) is 26.7 Å². The van der Waals surface area contributed by atoms with E-state index in [0.717, 1.165) is 26.1 Å². The Morgan fingerprint density at radius 3 is 2.65 bits per heavy atom. The minimum absolute atomic E-state index is 0.185. The molecule has 0 unspecified atom stereocenters. The second kappa shape index (κ2) is 8.59.